The number of halogens is 1. The van der Waals surface area contributed by atoms with E-state index in [4.69, 9.17) is 11.6 Å². The van der Waals surface area contributed by atoms with Crippen LogP contribution in [0.3, 0.4) is 0 Å². The van der Waals surface area contributed by atoms with Gasteiger partial charge in [0.2, 0.25) is 0 Å². The standard InChI is InChI=1S/C14H22ClNO/c1-5-14(6-2,16(3)4)13(17)11-7-9-12(15)10-8-11/h7-10,13,17H,5-6H2,1-4H3. The highest BCUT2D eigenvalue weighted by Gasteiger charge is 2.37. The smallest absolute Gasteiger partial charge is 0.0973 e. The van der Waals surface area contributed by atoms with Crippen LogP contribution >= 0.6 is 11.6 Å². The molecule has 0 aliphatic rings. The number of nitrogens with zero attached hydrogens (tertiary/aromatic N) is 1. The van der Waals surface area contributed by atoms with Crippen LogP contribution in [-0.2, 0) is 0 Å². The Morgan fingerprint density at radius 2 is 1.65 bits per heavy atom. The van der Waals surface area contributed by atoms with Crippen molar-refractivity contribution in [2.24, 2.45) is 0 Å². The van der Waals surface area contributed by atoms with E-state index >= 15 is 0 Å². The molecule has 0 saturated carbocycles. The largest absolute Gasteiger partial charge is 0.386 e. The predicted molar refractivity (Wildman–Crippen MR) is 73.4 cm³/mol. The van der Waals surface area contributed by atoms with Gasteiger partial charge < -0.3 is 10.0 Å². The van der Waals surface area contributed by atoms with Gasteiger partial charge in [-0.15, -0.1) is 0 Å². The van der Waals surface area contributed by atoms with Crippen LogP contribution in [0.2, 0.25) is 5.02 Å². The molecule has 1 unspecified atom stereocenters. The maximum Gasteiger partial charge on any atom is 0.0973 e. The number of aliphatic hydroxyl groups is 1. The summed E-state index contributed by atoms with van der Waals surface area (Å²) in [6, 6.07) is 7.45. The Hall–Kier alpha value is -0.570. The summed E-state index contributed by atoms with van der Waals surface area (Å²) in [7, 11) is 4.04. The van der Waals surface area contributed by atoms with Gasteiger partial charge in [0.15, 0.2) is 0 Å². The molecule has 0 amide bonds. The van der Waals surface area contributed by atoms with Crippen molar-refractivity contribution in [2.45, 2.75) is 38.3 Å². The van der Waals surface area contributed by atoms with Crippen molar-refractivity contribution in [3.8, 4) is 0 Å². The molecule has 3 heteroatoms. The first-order valence-electron chi connectivity index (χ1n) is 6.09. The van der Waals surface area contributed by atoms with Crippen LogP contribution in [0.15, 0.2) is 24.3 Å². The topological polar surface area (TPSA) is 23.5 Å². The zero-order valence-electron chi connectivity index (χ0n) is 11.1. The Morgan fingerprint density at radius 3 is 2.00 bits per heavy atom. The van der Waals surface area contributed by atoms with E-state index in [0.29, 0.717) is 5.02 Å². The molecule has 0 aliphatic heterocycles. The molecule has 0 aliphatic carbocycles. The van der Waals surface area contributed by atoms with E-state index in [2.05, 4.69) is 18.7 Å². The lowest BCUT2D eigenvalue weighted by molar-refractivity contribution is -0.0149. The van der Waals surface area contributed by atoms with Gasteiger partial charge in [0.05, 0.1) is 6.10 Å². The van der Waals surface area contributed by atoms with Crippen molar-refractivity contribution in [2.75, 3.05) is 14.1 Å². The Morgan fingerprint density at radius 1 is 1.18 bits per heavy atom. The minimum atomic E-state index is -0.496. The number of benzene rings is 1. The van der Waals surface area contributed by atoms with Gasteiger partial charge in [-0.3, -0.25) is 0 Å². The molecule has 2 nitrogen and oxygen atoms in total. The average Bonchev–Trinajstić information content (AvgIpc) is 2.31. The van der Waals surface area contributed by atoms with Crippen LogP contribution in [0.1, 0.15) is 38.4 Å². The van der Waals surface area contributed by atoms with E-state index in [9.17, 15) is 5.11 Å². The summed E-state index contributed by atoms with van der Waals surface area (Å²) >= 11 is 5.87. The number of likely N-dealkylation sites (N-methyl/N-ethyl adjacent to an activating group) is 1. The fourth-order valence-corrected chi connectivity index (χ4v) is 2.60. The predicted octanol–water partition coefficient (Wildman–Crippen LogP) is 3.49. The Labute approximate surface area is 109 Å². The molecule has 1 atom stereocenters. The summed E-state index contributed by atoms with van der Waals surface area (Å²) in [5.74, 6) is 0. The molecule has 1 N–H and O–H groups in total. The molecule has 0 bridgehead atoms. The molecule has 0 radical (unpaired) electrons. The van der Waals surface area contributed by atoms with E-state index in [1.807, 2.05) is 38.4 Å². The third kappa shape index (κ3) is 2.82. The van der Waals surface area contributed by atoms with E-state index in [1.165, 1.54) is 0 Å². The van der Waals surface area contributed by atoms with Gasteiger partial charge in [0.25, 0.3) is 0 Å². The number of aliphatic hydroxyl groups excluding tert-OH is 1. The monoisotopic (exact) mass is 255 g/mol. The molecular weight excluding hydrogens is 234 g/mol. The second-order valence-electron chi connectivity index (χ2n) is 4.66. The highest BCUT2D eigenvalue weighted by molar-refractivity contribution is 6.30. The summed E-state index contributed by atoms with van der Waals surface area (Å²) < 4.78 is 0. The minimum Gasteiger partial charge on any atom is -0.386 e. The molecule has 0 saturated heterocycles. The maximum atomic E-state index is 10.6. The maximum absolute atomic E-state index is 10.6. The van der Waals surface area contributed by atoms with Crippen molar-refractivity contribution in [3.63, 3.8) is 0 Å². The highest BCUT2D eigenvalue weighted by atomic mass is 35.5. The molecule has 1 aromatic carbocycles. The van der Waals surface area contributed by atoms with Gasteiger partial charge in [0, 0.05) is 10.6 Å². The van der Waals surface area contributed by atoms with Crippen LogP contribution < -0.4 is 0 Å². The van der Waals surface area contributed by atoms with Gasteiger partial charge in [-0.1, -0.05) is 37.6 Å². The zero-order valence-corrected chi connectivity index (χ0v) is 11.8. The molecule has 0 heterocycles. The Balaban J connectivity index is 3.07. The summed E-state index contributed by atoms with van der Waals surface area (Å²) in [5.41, 5.74) is 0.709. The van der Waals surface area contributed by atoms with Crippen LogP contribution in [-0.4, -0.2) is 29.6 Å². The second-order valence-corrected chi connectivity index (χ2v) is 5.10. The van der Waals surface area contributed by atoms with Gasteiger partial charge in [-0.05, 0) is 44.6 Å². The van der Waals surface area contributed by atoms with Crippen LogP contribution in [0.4, 0.5) is 0 Å². The fourth-order valence-electron chi connectivity index (χ4n) is 2.47. The zero-order chi connectivity index (χ0) is 13.1. The summed E-state index contributed by atoms with van der Waals surface area (Å²) in [6.45, 7) is 4.23. The first kappa shape index (κ1) is 14.5. The minimum absolute atomic E-state index is 0.214. The van der Waals surface area contributed by atoms with E-state index in [-0.39, 0.29) is 5.54 Å². The number of rotatable bonds is 5. The van der Waals surface area contributed by atoms with E-state index < -0.39 is 6.10 Å². The lowest BCUT2D eigenvalue weighted by Crippen LogP contribution is -2.48. The van der Waals surface area contributed by atoms with Gasteiger partial charge in [0.1, 0.15) is 0 Å². The van der Waals surface area contributed by atoms with Crippen molar-refractivity contribution < 1.29 is 5.11 Å². The molecule has 17 heavy (non-hydrogen) atoms. The molecule has 0 aromatic heterocycles. The first-order valence-corrected chi connectivity index (χ1v) is 6.46. The summed E-state index contributed by atoms with van der Waals surface area (Å²) in [5, 5.41) is 11.3. The van der Waals surface area contributed by atoms with Crippen molar-refractivity contribution in [1.29, 1.82) is 0 Å². The van der Waals surface area contributed by atoms with Crippen LogP contribution in [0, 0.1) is 0 Å². The molecule has 1 aromatic rings. The van der Waals surface area contributed by atoms with Gasteiger partial charge >= 0.3 is 0 Å². The first-order chi connectivity index (χ1) is 7.97. The highest BCUT2D eigenvalue weighted by Crippen LogP contribution is 2.36. The van der Waals surface area contributed by atoms with Crippen molar-refractivity contribution in [1.82, 2.24) is 4.90 Å². The normalized spacial score (nSPS) is 14.1. The molecule has 96 valence electrons. The summed E-state index contributed by atoms with van der Waals surface area (Å²) in [4.78, 5) is 2.12. The van der Waals surface area contributed by atoms with Crippen LogP contribution in [0.5, 0.6) is 0 Å². The summed E-state index contributed by atoms with van der Waals surface area (Å²) in [6.07, 6.45) is 1.31. The SMILES string of the molecule is CCC(CC)(C(O)c1ccc(Cl)cc1)N(C)C. The van der Waals surface area contributed by atoms with E-state index in [0.717, 1.165) is 18.4 Å². The van der Waals surface area contributed by atoms with Crippen LogP contribution in [0.25, 0.3) is 0 Å². The second kappa shape index (κ2) is 5.85. The lowest BCUT2D eigenvalue weighted by atomic mass is 9.82. The number of hydrogen-bond donors (Lipinski definition) is 1. The molecule has 0 spiro atoms. The van der Waals surface area contributed by atoms with Gasteiger partial charge in [-0.25, -0.2) is 0 Å². The lowest BCUT2D eigenvalue weighted by Gasteiger charge is -2.42. The van der Waals surface area contributed by atoms with Crippen molar-refractivity contribution >= 4 is 11.6 Å². The molecule has 1 rings (SSSR count). The third-order valence-electron chi connectivity index (χ3n) is 3.81. The average molecular weight is 256 g/mol. The Kier molecular flexibility index (Phi) is 4.99. The molecule has 0 fully saturated rings. The fraction of sp³-hybridized carbons (Fsp3) is 0.571. The third-order valence-corrected chi connectivity index (χ3v) is 4.06. The Bertz CT molecular complexity index is 344. The quantitative estimate of drug-likeness (QED) is 0.871. The number of hydrogen-bond acceptors (Lipinski definition) is 2. The van der Waals surface area contributed by atoms with Gasteiger partial charge in [-0.2, -0.15) is 0 Å². The van der Waals surface area contributed by atoms with Crippen molar-refractivity contribution in [3.05, 3.63) is 34.9 Å². The van der Waals surface area contributed by atoms with E-state index in [1.54, 1.807) is 0 Å². The molecular formula is C14H22ClNO.